The number of anilines is 2. The van der Waals surface area contributed by atoms with Crippen molar-refractivity contribution in [2.45, 2.75) is 69.5 Å². The summed E-state index contributed by atoms with van der Waals surface area (Å²) in [5.74, 6) is 4.84. The van der Waals surface area contributed by atoms with E-state index in [1.54, 1.807) is 41.1 Å². The molecular formula is C36H48N8O5. The highest BCUT2D eigenvalue weighted by Gasteiger charge is 2.28. The number of aromatic nitrogens is 4. The van der Waals surface area contributed by atoms with Crippen molar-refractivity contribution in [3.63, 3.8) is 0 Å². The van der Waals surface area contributed by atoms with Crippen LogP contribution in [0.2, 0.25) is 0 Å². The van der Waals surface area contributed by atoms with Crippen molar-refractivity contribution in [2.24, 2.45) is 5.73 Å². The van der Waals surface area contributed by atoms with Crippen LogP contribution in [0, 0.1) is 0 Å². The van der Waals surface area contributed by atoms with E-state index >= 15 is 0 Å². The summed E-state index contributed by atoms with van der Waals surface area (Å²) in [6.45, 7) is 3.42. The molecule has 2 aromatic carbocycles. The highest BCUT2D eigenvalue weighted by molar-refractivity contribution is 5.93. The number of Topliss-reactive ketones (excluding diaryl/α,β-unsaturated/α-hetero) is 1. The maximum atomic E-state index is 11.4. The van der Waals surface area contributed by atoms with Crippen LogP contribution in [-0.2, 0) is 4.79 Å². The summed E-state index contributed by atoms with van der Waals surface area (Å²) in [6.07, 6.45) is 11.9. The number of benzene rings is 2. The molecule has 2 saturated heterocycles. The molecule has 0 unspecified atom stereocenters. The zero-order valence-electron chi connectivity index (χ0n) is 29.0. The van der Waals surface area contributed by atoms with Crippen LogP contribution in [0.4, 0.5) is 11.6 Å². The molecule has 262 valence electrons. The first-order valence-electron chi connectivity index (χ1n) is 17.2. The number of nitrogens with zero attached hydrogens (tertiary/aromatic N) is 6. The molecule has 0 spiro atoms. The summed E-state index contributed by atoms with van der Waals surface area (Å²) in [5.41, 5.74) is 6.91. The lowest BCUT2D eigenvalue weighted by atomic mass is 10.0. The Hall–Kier alpha value is -4.49. The number of nitrogens with one attached hydrogen (secondary N) is 1. The Morgan fingerprint density at radius 2 is 1.02 bits per heavy atom. The van der Waals surface area contributed by atoms with E-state index < -0.39 is 0 Å². The van der Waals surface area contributed by atoms with Gasteiger partial charge < -0.3 is 39.8 Å². The van der Waals surface area contributed by atoms with E-state index in [2.05, 4.69) is 35.1 Å². The summed E-state index contributed by atoms with van der Waals surface area (Å²) >= 11 is 0. The molecule has 13 nitrogen and oxygen atoms in total. The number of ketones is 1. The molecule has 13 heteroatoms. The molecule has 0 radical (unpaired) electrons. The van der Waals surface area contributed by atoms with E-state index in [1.165, 1.54) is 25.7 Å². The minimum absolute atomic E-state index is 0.309. The van der Waals surface area contributed by atoms with E-state index in [0.29, 0.717) is 66.8 Å². The first kappa shape index (κ1) is 34.4. The van der Waals surface area contributed by atoms with Gasteiger partial charge in [-0.1, -0.05) is 0 Å². The number of ether oxygens (including phenoxy) is 4. The van der Waals surface area contributed by atoms with Gasteiger partial charge in [-0.15, -0.1) is 0 Å². The molecule has 4 fully saturated rings. The predicted molar refractivity (Wildman–Crippen MR) is 190 cm³/mol. The third kappa shape index (κ3) is 8.57. The van der Waals surface area contributed by atoms with Crippen LogP contribution in [0.15, 0.2) is 36.9 Å². The zero-order valence-corrected chi connectivity index (χ0v) is 29.0. The van der Waals surface area contributed by atoms with Crippen LogP contribution in [0.3, 0.4) is 0 Å². The van der Waals surface area contributed by atoms with Crippen molar-refractivity contribution < 1.29 is 23.7 Å². The van der Waals surface area contributed by atoms with Crippen molar-refractivity contribution >= 4 is 39.2 Å². The van der Waals surface area contributed by atoms with Crippen LogP contribution in [0.1, 0.15) is 51.4 Å². The average molecular weight is 673 g/mol. The standard InChI is InChI=1S/C18H24N4O2.C15H17N3O3.C3H7N/c1-23-16-9-14-15(10-17(16)24-2)19-11-20-18(14)22-7-5-13(6-8-22)21-12-3-4-12;1-20-13-7-11-12(8-14(13)21-2)16-9-17-15(11)18-5-3-10(19)4-6-18;4-3-1-2-3/h9-13,21H,3-8H2,1-2H3;7-9H,3-6H2,1-2H3;3H,1-2,4H2. The van der Waals surface area contributed by atoms with Crippen molar-refractivity contribution in [3.05, 3.63) is 36.9 Å². The maximum absolute atomic E-state index is 11.4. The molecule has 2 aromatic heterocycles. The van der Waals surface area contributed by atoms with Crippen molar-refractivity contribution in [3.8, 4) is 23.0 Å². The molecule has 4 aliphatic rings. The molecule has 49 heavy (non-hydrogen) atoms. The average Bonchev–Trinajstić information content (AvgIpc) is 4.10. The van der Waals surface area contributed by atoms with Gasteiger partial charge >= 0.3 is 0 Å². The number of hydrogen-bond acceptors (Lipinski definition) is 13. The molecule has 4 heterocycles. The van der Waals surface area contributed by atoms with Gasteiger partial charge in [-0.2, -0.15) is 0 Å². The molecule has 8 rings (SSSR count). The second-order valence-electron chi connectivity index (χ2n) is 12.9. The number of carbonyl (C=O) groups is 1. The number of nitrogens with two attached hydrogens (primary N) is 1. The molecular weight excluding hydrogens is 624 g/mol. The Kier molecular flexibility index (Phi) is 11.1. The normalized spacial score (nSPS) is 17.9. The molecule has 4 aromatic rings. The van der Waals surface area contributed by atoms with Gasteiger partial charge in [-0.25, -0.2) is 19.9 Å². The first-order valence-corrected chi connectivity index (χ1v) is 17.2. The van der Waals surface area contributed by atoms with Gasteiger partial charge in [0, 0.05) is 80.1 Å². The summed E-state index contributed by atoms with van der Waals surface area (Å²) < 4.78 is 21.5. The lowest BCUT2D eigenvalue weighted by Gasteiger charge is -2.33. The minimum atomic E-state index is 0.309. The Morgan fingerprint density at radius 1 is 0.612 bits per heavy atom. The summed E-state index contributed by atoms with van der Waals surface area (Å²) in [5, 5.41) is 5.66. The van der Waals surface area contributed by atoms with Gasteiger partial charge in [0.25, 0.3) is 0 Å². The molecule has 3 N–H and O–H groups in total. The topological polar surface area (TPSA) is 150 Å². The number of methoxy groups -OCH3 is 4. The third-order valence-electron chi connectivity index (χ3n) is 9.33. The SMILES string of the molecule is COc1cc2ncnc(N3CCC(=O)CC3)c2cc1OC.COc1cc2ncnc(N3CCC(NC4CC4)CC3)c2cc1OC.NC1CC1. The lowest BCUT2D eigenvalue weighted by molar-refractivity contribution is -0.119. The second-order valence-corrected chi connectivity index (χ2v) is 12.9. The molecule has 2 aliphatic carbocycles. The molecule has 0 amide bonds. The summed E-state index contributed by atoms with van der Waals surface area (Å²) in [4.78, 5) is 33.5. The van der Waals surface area contributed by atoms with Crippen molar-refractivity contribution in [1.29, 1.82) is 0 Å². The number of hydrogen-bond donors (Lipinski definition) is 2. The van der Waals surface area contributed by atoms with Gasteiger partial charge in [-0.3, -0.25) is 4.79 Å². The van der Waals surface area contributed by atoms with Crippen LogP contribution in [0.25, 0.3) is 21.8 Å². The Labute approximate surface area is 287 Å². The van der Waals surface area contributed by atoms with E-state index in [1.807, 2.05) is 24.3 Å². The maximum Gasteiger partial charge on any atom is 0.162 e. The largest absolute Gasteiger partial charge is 0.493 e. The van der Waals surface area contributed by atoms with Crippen LogP contribution >= 0.6 is 0 Å². The number of carbonyl (C=O) groups excluding carboxylic acids is 1. The Bertz CT molecular complexity index is 1730. The Morgan fingerprint density at radius 3 is 1.43 bits per heavy atom. The number of piperidine rings is 2. The fourth-order valence-corrected chi connectivity index (χ4v) is 6.15. The van der Waals surface area contributed by atoms with Gasteiger partial charge in [0.05, 0.1) is 39.5 Å². The van der Waals surface area contributed by atoms with E-state index in [0.717, 1.165) is 65.4 Å². The van der Waals surface area contributed by atoms with Crippen LogP contribution in [-0.4, -0.2) is 98.5 Å². The molecule has 0 bridgehead atoms. The van der Waals surface area contributed by atoms with E-state index in [4.69, 9.17) is 24.7 Å². The first-order chi connectivity index (χ1) is 23.9. The van der Waals surface area contributed by atoms with Gasteiger partial charge in [0.2, 0.25) is 0 Å². The summed E-state index contributed by atoms with van der Waals surface area (Å²) in [7, 11) is 6.50. The number of rotatable bonds is 8. The highest BCUT2D eigenvalue weighted by Crippen LogP contribution is 2.37. The quantitative estimate of drug-likeness (QED) is 0.274. The highest BCUT2D eigenvalue weighted by atomic mass is 16.5. The zero-order chi connectivity index (χ0) is 34.3. The second kappa shape index (κ2) is 15.8. The van der Waals surface area contributed by atoms with E-state index in [9.17, 15) is 4.79 Å². The van der Waals surface area contributed by atoms with Gasteiger partial charge in [-0.05, 0) is 50.7 Å². The van der Waals surface area contributed by atoms with Gasteiger partial charge in [0.15, 0.2) is 23.0 Å². The van der Waals surface area contributed by atoms with E-state index in [-0.39, 0.29) is 0 Å². The molecule has 2 aliphatic heterocycles. The summed E-state index contributed by atoms with van der Waals surface area (Å²) in [6, 6.07) is 9.64. The third-order valence-corrected chi connectivity index (χ3v) is 9.33. The van der Waals surface area contributed by atoms with Crippen molar-refractivity contribution in [1.82, 2.24) is 25.3 Å². The van der Waals surface area contributed by atoms with Crippen molar-refractivity contribution in [2.75, 3.05) is 64.4 Å². The van der Waals surface area contributed by atoms with Crippen LogP contribution in [0.5, 0.6) is 23.0 Å². The fraction of sp³-hybridized carbons (Fsp3) is 0.528. The number of fused-ring (bicyclic) bond motifs is 2. The predicted octanol–water partition coefficient (Wildman–Crippen LogP) is 4.29. The monoisotopic (exact) mass is 672 g/mol. The smallest absolute Gasteiger partial charge is 0.162 e. The fourth-order valence-electron chi connectivity index (χ4n) is 6.15. The van der Waals surface area contributed by atoms with Gasteiger partial charge in [0.1, 0.15) is 30.1 Å². The Balaban J connectivity index is 0.000000154. The molecule has 0 atom stereocenters. The molecule has 2 saturated carbocycles. The minimum Gasteiger partial charge on any atom is -0.493 e. The lowest BCUT2D eigenvalue weighted by Crippen LogP contribution is -2.43. The van der Waals surface area contributed by atoms with Crippen LogP contribution < -0.4 is 39.8 Å².